The second kappa shape index (κ2) is 9.49. The molecule has 30 heavy (non-hydrogen) atoms. The third kappa shape index (κ3) is 4.82. The predicted octanol–water partition coefficient (Wildman–Crippen LogP) is 5.12. The zero-order chi connectivity index (χ0) is 20.8. The van der Waals surface area contributed by atoms with E-state index in [1.165, 1.54) is 5.56 Å². The molecule has 1 aliphatic rings. The monoisotopic (exact) mass is 401 g/mol. The van der Waals surface area contributed by atoms with Gasteiger partial charge in [-0.15, -0.1) is 0 Å². The SMILES string of the molecule is CCc1ccc(C(=O)NC(Cc2ccccc2)c2ccc3c(c2)OCCCO3)cc1. The highest BCUT2D eigenvalue weighted by atomic mass is 16.5. The van der Waals surface area contributed by atoms with E-state index in [1.54, 1.807) is 0 Å². The average Bonchev–Trinajstić information content (AvgIpc) is 3.04. The number of nitrogens with one attached hydrogen (secondary N) is 1. The van der Waals surface area contributed by atoms with Crippen LogP contribution < -0.4 is 14.8 Å². The van der Waals surface area contributed by atoms with Gasteiger partial charge in [-0.25, -0.2) is 0 Å². The summed E-state index contributed by atoms with van der Waals surface area (Å²) in [4.78, 5) is 13.0. The van der Waals surface area contributed by atoms with Crippen molar-refractivity contribution in [1.82, 2.24) is 5.32 Å². The van der Waals surface area contributed by atoms with Crippen LogP contribution in [0.4, 0.5) is 0 Å². The molecule has 1 amide bonds. The van der Waals surface area contributed by atoms with Crippen LogP contribution in [0.25, 0.3) is 0 Å². The van der Waals surface area contributed by atoms with E-state index in [0.717, 1.165) is 35.5 Å². The first kappa shape index (κ1) is 20.0. The molecule has 3 aromatic carbocycles. The molecule has 4 nitrogen and oxygen atoms in total. The van der Waals surface area contributed by atoms with Crippen molar-refractivity contribution in [3.8, 4) is 11.5 Å². The molecule has 0 saturated carbocycles. The topological polar surface area (TPSA) is 47.6 Å². The van der Waals surface area contributed by atoms with E-state index < -0.39 is 0 Å². The number of carbonyl (C=O) groups is 1. The number of amides is 1. The smallest absolute Gasteiger partial charge is 0.251 e. The quantitative estimate of drug-likeness (QED) is 0.623. The Labute approximate surface area is 177 Å². The number of fused-ring (bicyclic) bond motifs is 1. The molecule has 1 heterocycles. The number of aryl methyl sites for hydroxylation is 1. The fourth-order valence-corrected chi connectivity index (χ4v) is 3.63. The van der Waals surface area contributed by atoms with Gasteiger partial charge in [-0.1, -0.05) is 55.5 Å². The summed E-state index contributed by atoms with van der Waals surface area (Å²) < 4.78 is 11.6. The van der Waals surface area contributed by atoms with Crippen molar-refractivity contribution in [2.24, 2.45) is 0 Å². The highest BCUT2D eigenvalue weighted by molar-refractivity contribution is 5.94. The molecular weight excluding hydrogens is 374 g/mol. The Bertz CT molecular complexity index is 983. The van der Waals surface area contributed by atoms with Crippen molar-refractivity contribution in [3.63, 3.8) is 0 Å². The van der Waals surface area contributed by atoms with E-state index in [4.69, 9.17) is 9.47 Å². The minimum absolute atomic E-state index is 0.0781. The van der Waals surface area contributed by atoms with Crippen LogP contribution in [-0.4, -0.2) is 19.1 Å². The zero-order valence-corrected chi connectivity index (χ0v) is 17.3. The Kier molecular flexibility index (Phi) is 6.33. The first-order valence-corrected chi connectivity index (χ1v) is 10.6. The number of hydrogen-bond acceptors (Lipinski definition) is 3. The normalized spacial score (nSPS) is 13.9. The van der Waals surface area contributed by atoms with Crippen LogP contribution in [0.2, 0.25) is 0 Å². The average molecular weight is 402 g/mol. The van der Waals surface area contributed by atoms with Gasteiger partial charge in [0, 0.05) is 12.0 Å². The molecular formula is C26H27NO3. The van der Waals surface area contributed by atoms with E-state index in [0.29, 0.717) is 25.2 Å². The van der Waals surface area contributed by atoms with E-state index in [1.807, 2.05) is 60.7 Å². The van der Waals surface area contributed by atoms with Gasteiger partial charge in [-0.3, -0.25) is 4.79 Å². The number of hydrogen-bond donors (Lipinski definition) is 1. The number of carbonyl (C=O) groups excluding carboxylic acids is 1. The molecule has 0 saturated heterocycles. The molecule has 1 atom stereocenters. The zero-order valence-electron chi connectivity index (χ0n) is 17.3. The maximum absolute atomic E-state index is 13.0. The Morgan fingerprint density at radius 3 is 2.37 bits per heavy atom. The first-order valence-electron chi connectivity index (χ1n) is 10.6. The standard InChI is InChI=1S/C26H27NO3/c1-2-19-9-11-21(12-10-19)26(28)27-23(17-20-7-4-3-5-8-20)22-13-14-24-25(18-22)30-16-6-15-29-24/h3-5,7-14,18,23H,2,6,15-17H2,1H3,(H,27,28). The van der Waals surface area contributed by atoms with Crippen molar-refractivity contribution < 1.29 is 14.3 Å². The van der Waals surface area contributed by atoms with Gasteiger partial charge in [0.15, 0.2) is 11.5 Å². The Morgan fingerprint density at radius 2 is 1.63 bits per heavy atom. The maximum Gasteiger partial charge on any atom is 0.251 e. The molecule has 154 valence electrons. The van der Waals surface area contributed by atoms with Crippen LogP contribution in [0.3, 0.4) is 0 Å². The minimum Gasteiger partial charge on any atom is -0.490 e. The molecule has 0 fully saturated rings. The molecule has 0 bridgehead atoms. The summed E-state index contributed by atoms with van der Waals surface area (Å²) >= 11 is 0. The predicted molar refractivity (Wildman–Crippen MR) is 118 cm³/mol. The molecule has 3 aromatic rings. The molecule has 4 rings (SSSR count). The van der Waals surface area contributed by atoms with Crippen molar-refractivity contribution in [2.45, 2.75) is 32.2 Å². The maximum atomic E-state index is 13.0. The highest BCUT2D eigenvalue weighted by Crippen LogP contribution is 2.33. The first-order chi connectivity index (χ1) is 14.7. The third-order valence-electron chi connectivity index (χ3n) is 5.39. The molecule has 0 aliphatic carbocycles. The van der Waals surface area contributed by atoms with Crippen LogP contribution in [0.1, 0.15) is 46.4 Å². The van der Waals surface area contributed by atoms with Crippen LogP contribution in [0.15, 0.2) is 72.8 Å². The third-order valence-corrected chi connectivity index (χ3v) is 5.39. The molecule has 1 N–H and O–H groups in total. The Balaban J connectivity index is 1.60. The Hall–Kier alpha value is -3.27. The fraction of sp³-hybridized carbons (Fsp3) is 0.269. The molecule has 1 unspecified atom stereocenters. The summed E-state index contributed by atoms with van der Waals surface area (Å²) in [5.74, 6) is 1.42. The van der Waals surface area contributed by atoms with Crippen molar-refractivity contribution in [2.75, 3.05) is 13.2 Å². The van der Waals surface area contributed by atoms with Crippen LogP contribution >= 0.6 is 0 Å². The summed E-state index contributed by atoms with van der Waals surface area (Å²) in [7, 11) is 0. The largest absolute Gasteiger partial charge is 0.490 e. The summed E-state index contributed by atoms with van der Waals surface area (Å²) in [6.45, 7) is 3.40. The second-order valence-corrected chi connectivity index (χ2v) is 7.52. The number of benzene rings is 3. The Morgan fingerprint density at radius 1 is 0.900 bits per heavy atom. The molecule has 4 heteroatoms. The van der Waals surface area contributed by atoms with Crippen molar-refractivity contribution in [1.29, 1.82) is 0 Å². The van der Waals surface area contributed by atoms with Gasteiger partial charge in [0.2, 0.25) is 0 Å². The lowest BCUT2D eigenvalue weighted by atomic mass is 9.97. The van der Waals surface area contributed by atoms with E-state index in [-0.39, 0.29) is 11.9 Å². The molecule has 0 aromatic heterocycles. The van der Waals surface area contributed by atoms with Crippen molar-refractivity contribution in [3.05, 3.63) is 95.1 Å². The number of ether oxygens (including phenoxy) is 2. The van der Waals surface area contributed by atoms with E-state index in [2.05, 4.69) is 24.4 Å². The molecule has 0 radical (unpaired) electrons. The van der Waals surface area contributed by atoms with Gasteiger partial charge >= 0.3 is 0 Å². The lowest BCUT2D eigenvalue weighted by Crippen LogP contribution is -2.30. The minimum atomic E-state index is -0.178. The van der Waals surface area contributed by atoms with Gasteiger partial charge in [0.05, 0.1) is 19.3 Å². The van der Waals surface area contributed by atoms with Crippen LogP contribution in [0, 0.1) is 0 Å². The summed E-state index contributed by atoms with van der Waals surface area (Å²) in [6, 6.07) is 23.8. The summed E-state index contributed by atoms with van der Waals surface area (Å²) in [6.07, 6.45) is 2.51. The van der Waals surface area contributed by atoms with E-state index in [9.17, 15) is 4.79 Å². The van der Waals surface area contributed by atoms with Gasteiger partial charge in [0.1, 0.15) is 0 Å². The van der Waals surface area contributed by atoms with E-state index >= 15 is 0 Å². The lowest BCUT2D eigenvalue weighted by Gasteiger charge is -2.21. The van der Waals surface area contributed by atoms with Gasteiger partial charge in [-0.05, 0) is 53.8 Å². The van der Waals surface area contributed by atoms with Gasteiger partial charge in [0.25, 0.3) is 5.91 Å². The second-order valence-electron chi connectivity index (χ2n) is 7.52. The van der Waals surface area contributed by atoms with Crippen molar-refractivity contribution >= 4 is 5.91 Å². The molecule has 0 spiro atoms. The molecule has 1 aliphatic heterocycles. The summed E-state index contributed by atoms with van der Waals surface area (Å²) in [5.41, 5.74) is 4.05. The van der Waals surface area contributed by atoms with Crippen LogP contribution in [0.5, 0.6) is 11.5 Å². The lowest BCUT2D eigenvalue weighted by molar-refractivity contribution is 0.0936. The van der Waals surface area contributed by atoms with Gasteiger partial charge < -0.3 is 14.8 Å². The van der Waals surface area contributed by atoms with Gasteiger partial charge in [-0.2, -0.15) is 0 Å². The fourth-order valence-electron chi connectivity index (χ4n) is 3.63. The summed E-state index contributed by atoms with van der Waals surface area (Å²) in [5, 5.41) is 3.22. The number of rotatable bonds is 6. The highest BCUT2D eigenvalue weighted by Gasteiger charge is 2.19. The van der Waals surface area contributed by atoms with Crippen LogP contribution in [-0.2, 0) is 12.8 Å².